The largest absolute Gasteiger partial charge is 0.351 e. The van der Waals surface area contributed by atoms with Crippen molar-refractivity contribution in [3.63, 3.8) is 0 Å². The maximum Gasteiger partial charge on any atom is 0.268 e. The summed E-state index contributed by atoms with van der Waals surface area (Å²) in [5.41, 5.74) is 0.797. The molecule has 1 aromatic heterocycles. The Morgan fingerprint density at radius 1 is 1.16 bits per heavy atom. The predicted molar refractivity (Wildman–Crippen MR) is 142 cm³/mol. The topological polar surface area (TPSA) is 140 Å². The van der Waals surface area contributed by atoms with Crippen molar-refractivity contribution in [2.75, 3.05) is 13.1 Å². The molecule has 38 heavy (non-hydrogen) atoms. The SMILES string of the molecule is CC(=O)N1CCC2(CC1)CC(CC(C=O)NC(=O)[C@H](CC(C)C)NC(=O)c1cc3ccccc3[nH]1)C(=O)N2. The molecule has 0 saturated carbocycles. The van der Waals surface area contributed by atoms with Crippen LogP contribution < -0.4 is 16.0 Å². The maximum absolute atomic E-state index is 13.2. The van der Waals surface area contributed by atoms with E-state index in [-0.39, 0.29) is 29.7 Å². The lowest BCUT2D eigenvalue weighted by Gasteiger charge is -2.39. The molecular formula is C28H37N5O5. The molecule has 0 aliphatic carbocycles. The number of nitrogens with one attached hydrogen (secondary N) is 4. The number of para-hydroxylation sites is 1. The molecule has 3 atom stereocenters. The standard InChI is InChI=1S/C28H37N5O5/c1-17(2)12-23(31-27(38)24-14-19-6-4-5-7-22(19)30-24)26(37)29-21(16-34)13-20-15-28(32-25(20)36)8-10-33(11-9-28)18(3)35/h4-7,14,16-17,20-21,23,30H,8-13,15H2,1-3H3,(H,29,37)(H,31,38)(H,32,36)/t20?,21?,23-/m0/s1. The first-order valence-electron chi connectivity index (χ1n) is 13.3. The summed E-state index contributed by atoms with van der Waals surface area (Å²) in [7, 11) is 0. The monoisotopic (exact) mass is 523 g/mol. The number of hydrogen-bond donors (Lipinski definition) is 4. The third-order valence-electron chi connectivity index (χ3n) is 7.70. The number of hydrogen-bond acceptors (Lipinski definition) is 5. The highest BCUT2D eigenvalue weighted by Crippen LogP contribution is 2.36. The molecule has 204 valence electrons. The number of aldehydes is 1. The number of likely N-dealkylation sites (tertiary alicyclic amines) is 1. The minimum absolute atomic E-state index is 0.0250. The average Bonchev–Trinajstić information content (AvgIpc) is 3.44. The lowest BCUT2D eigenvalue weighted by molar-refractivity contribution is -0.130. The van der Waals surface area contributed by atoms with Crippen LogP contribution in [0.25, 0.3) is 10.9 Å². The summed E-state index contributed by atoms with van der Waals surface area (Å²) >= 11 is 0. The van der Waals surface area contributed by atoms with Crippen LogP contribution in [0.3, 0.4) is 0 Å². The first-order chi connectivity index (χ1) is 18.1. The van der Waals surface area contributed by atoms with Gasteiger partial charge in [-0.3, -0.25) is 19.2 Å². The maximum atomic E-state index is 13.2. The smallest absolute Gasteiger partial charge is 0.268 e. The van der Waals surface area contributed by atoms with E-state index in [0.717, 1.165) is 10.9 Å². The van der Waals surface area contributed by atoms with Crippen LogP contribution in [-0.4, -0.2) is 70.5 Å². The van der Waals surface area contributed by atoms with Gasteiger partial charge in [-0.1, -0.05) is 32.0 Å². The average molecular weight is 524 g/mol. The van der Waals surface area contributed by atoms with Gasteiger partial charge >= 0.3 is 0 Å². The summed E-state index contributed by atoms with van der Waals surface area (Å²) in [6.07, 6.45) is 3.13. The minimum Gasteiger partial charge on any atom is -0.351 e. The number of carbonyl (C=O) groups excluding carboxylic acids is 5. The van der Waals surface area contributed by atoms with Gasteiger partial charge < -0.3 is 30.6 Å². The first-order valence-corrected chi connectivity index (χ1v) is 13.3. The van der Waals surface area contributed by atoms with Crippen LogP contribution in [0, 0.1) is 11.8 Å². The molecule has 4 rings (SSSR count). The number of piperidine rings is 1. The van der Waals surface area contributed by atoms with Crippen LogP contribution in [0.2, 0.25) is 0 Å². The van der Waals surface area contributed by atoms with Gasteiger partial charge in [0.2, 0.25) is 17.7 Å². The number of amides is 4. The van der Waals surface area contributed by atoms with Crippen LogP contribution in [0.1, 0.15) is 63.4 Å². The predicted octanol–water partition coefficient (Wildman–Crippen LogP) is 1.90. The van der Waals surface area contributed by atoms with Crippen molar-refractivity contribution in [1.29, 1.82) is 0 Å². The van der Waals surface area contributed by atoms with Crippen molar-refractivity contribution in [2.45, 2.75) is 70.5 Å². The minimum atomic E-state index is -0.856. The van der Waals surface area contributed by atoms with Gasteiger partial charge in [0.05, 0.1) is 6.04 Å². The van der Waals surface area contributed by atoms with E-state index in [0.29, 0.717) is 50.8 Å². The Bertz CT molecular complexity index is 1180. The number of carbonyl (C=O) groups is 5. The lowest BCUT2D eigenvalue weighted by atomic mass is 9.82. The number of fused-ring (bicyclic) bond motifs is 1. The number of rotatable bonds is 9. The van der Waals surface area contributed by atoms with Crippen LogP contribution in [-0.2, 0) is 19.2 Å². The third-order valence-corrected chi connectivity index (χ3v) is 7.70. The van der Waals surface area contributed by atoms with E-state index in [1.807, 2.05) is 38.1 Å². The summed E-state index contributed by atoms with van der Waals surface area (Å²) in [5.74, 6) is -1.27. The Morgan fingerprint density at radius 2 is 1.87 bits per heavy atom. The number of aromatic nitrogens is 1. The Hall–Kier alpha value is -3.69. The van der Waals surface area contributed by atoms with Crippen LogP contribution in [0.15, 0.2) is 30.3 Å². The number of benzene rings is 1. The van der Waals surface area contributed by atoms with Crippen LogP contribution >= 0.6 is 0 Å². The summed E-state index contributed by atoms with van der Waals surface area (Å²) in [6.45, 7) is 6.62. The highest BCUT2D eigenvalue weighted by atomic mass is 16.2. The number of nitrogens with zero attached hydrogens (tertiary/aromatic N) is 1. The fourth-order valence-corrected chi connectivity index (χ4v) is 5.62. The van der Waals surface area contributed by atoms with E-state index in [1.54, 1.807) is 17.9 Å². The second-order valence-electron chi connectivity index (χ2n) is 11.1. The van der Waals surface area contributed by atoms with E-state index in [4.69, 9.17) is 0 Å². The molecular weight excluding hydrogens is 486 g/mol. The summed E-state index contributed by atoms with van der Waals surface area (Å²) in [5, 5.41) is 9.55. The molecule has 2 aliphatic heterocycles. The molecule has 0 radical (unpaired) electrons. The van der Waals surface area contributed by atoms with Crippen molar-refractivity contribution < 1.29 is 24.0 Å². The molecule has 2 aliphatic rings. The van der Waals surface area contributed by atoms with Gasteiger partial charge in [-0.15, -0.1) is 0 Å². The molecule has 3 heterocycles. The summed E-state index contributed by atoms with van der Waals surface area (Å²) in [4.78, 5) is 67.4. The van der Waals surface area contributed by atoms with E-state index >= 15 is 0 Å². The normalized spacial score (nSPS) is 20.3. The van der Waals surface area contributed by atoms with Crippen LogP contribution in [0.5, 0.6) is 0 Å². The molecule has 1 spiro atoms. The molecule has 2 saturated heterocycles. The molecule has 10 heteroatoms. The zero-order valence-electron chi connectivity index (χ0n) is 22.2. The number of H-pyrrole nitrogens is 1. The lowest BCUT2D eigenvalue weighted by Crippen LogP contribution is -2.51. The Kier molecular flexibility index (Phi) is 8.18. The van der Waals surface area contributed by atoms with Crippen molar-refractivity contribution >= 4 is 40.8 Å². The molecule has 10 nitrogen and oxygen atoms in total. The summed E-state index contributed by atoms with van der Waals surface area (Å²) < 4.78 is 0. The highest BCUT2D eigenvalue weighted by Gasteiger charge is 2.46. The van der Waals surface area contributed by atoms with E-state index in [1.165, 1.54) is 0 Å². The third kappa shape index (κ3) is 6.23. The fourth-order valence-electron chi connectivity index (χ4n) is 5.62. The number of aromatic amines is 1. The van der Waals surface area contributed by atoms with E-state index in [2.05, 4.69) is 20.9 Å². The van der Waals surface area contributed by atoms with Gasteiger partial charge in [0.1, 0.15) is 18.0 Å². The Morgan fingerprint density at radius 3 is 2.50 bits per heavy atom. The molecule has 0 bridgehead atoms. The zero-order valence-corrected chi connectivity index (χ0v) is 22.2. The fraction of sp³-hybridized carbons (Fsp3) is 0.536. The van der Waals surface area contributed by atoms with Gasteiger partial charge in [-0.25, -0.2) is 0 Å². The molecule has 2 unspecified atom stereocenters. The van der Waals surface area contributed by atoms with Crippen molar-refractivity contribution in [1.82, 2.24) is 25.8 Å². The van der Waals surface area contributed by atoms with Crippen molar-refractivity contribution in [3.8, 4) is 0 Å². The molecule has 1 aromatic carbocycles. The van der Waals surface area contributed by atoms with Gasteiger partial charge in [0.15, 0.2) is 0 Å². The molecule has 4 N–H and O–H groups in total. The Balaban J connectivity index is 1.37. The molecule has 2 aromatic rings. The quantitative estimate of drug-likeness (QED) is 0.372. The van der Waals surface area contributed by atoms with Gasteiger partial charge in [-0.05, 0) is 50.2 Å². The van der Waals surface area contributed by atoms with Gasteiger partial charge in [0.25, 0.3) is 5.91 Å². The second kappa shape index (κ2) is 11.4. The zero-order chi connectivity index (χ0) is 27.4. The summed E-state index contributed by atoms with van der Waals surface area (Å²) in [6, 6.07) is 7.56. The van der Waals surface area contributed by atoms with Gasteiger partial charge in [-0.2, -0.15) is 0 Å². The molecule has 4 amide bonds. The van der Waals surface area contributed by atoms with Crippen LogP contribution in [0.4, 0.5) is 0 Å². The van der Waals surface area contributed by atoms with Gasteiger partial charge in [0, 0.05) is 42.4 Å². The van der Waals surface area contributed by atoms with E-state index < -0.39 is 29.8 Å². The first kappa shape index (κ1) is 27.3. The van der Waals surface area contributed by atoms with Crippen molar-refractivity contribution in [2.24, 2.45) is 11.8 Å². The molecule has 2 fully saturated rings. The second-order valence-corrected chi connectivity index (χ2v) is 11.1. The Labute approximate surface area is 222 Å². The van der Waals surface area contributed by atoms with E-state index in [9.17, 15) is 24.0 Å². The van der Waals surface area contributed by atoms with Crippen molar-refractivity contribution in [3.05, 3.63) is 36.0 Å². The highest BCUT2D eigenvalue weighted by molar-refractivity contribution is 6.00.